The van der Waals surface area contributed by atoms with E-state index < -0.39 is 23.5 Å². The number of hydrogen-bond donors (Lipinski definition) is 0. The second-order valence-corrected chi connectivity index (χ2v) is 3.82. The van der Waals surface area contributed by atoms with Crippen molar-refractivity contribution in [3.05, 3.63) is 34.2 Å². The summed E-state index contributed by atoms with van der Waals surface area (Å²) >= 11 is 0. The van der Waals surface area contributed by atoms with Crippen LogP contribution in [0.25, 0.3) is 0 Å². The summed E-state index contributed by atoms with van der Waals surface area (Å²) in [6.45, 7) is 0. The Morgan fingerprint density at radius 2 is 2.00 bits per heavy atom. The van der Waals surface area contributed by atoms with E-state index in [4.69, 9.17) is 0 Å². The monoisotopic (exact) mass is 235 g/mol. The summed E-state index contributed by atoms with van der Waals surface area (Å²) in [5, 5.41) is 10.6. The Balaban J connectivity index is 0.00000144. The maximum atomic E-state index is 12.8. The zero-order chi connectivity index (χ0) is 11.9. The molecule has 1 aliphatic rings. The fourth-order valence-corrected chi connectivity index (χ4v) is 1.65. The predicted octanol–water partition coefficient (Wildman–Crippen LogP) is -3.03. The van der Waals surface area contributed by atoms with Crippen molar-refractivity contribution >= 4 is 5.97 Å². The summed E-state index contributed by atoms with van der Waals surface area (Å²) in [4.78, 5) is 22.0. The number of carboxylic acid groups (broad SMARTS) is 1. The topological polar surface area (TPSA) is 62.1 Å². The minimum absolute atomic E-state index is 0. The van der Waals surface area contributed by atoms with Crippen LogP contribution >= 0.6 is 0 Å². The van der Waals surface area contributed by atoms with Gasteiger partial charge in [-0.25, -0.2) is 8.78 Å². The summed E-state index contributed by atoms with van der Waals surface area (Å²) in [6, 6.07) is 2.02. The van der Waals surface area contributed by atoms with Crippen molar-refractivity contribution in [2.75, 3.05) is 0 Å². The number of carbonyl (C=O) groups is 1. The normalized spacial score (nSPS) is 16.4. The fourth-order valence-electron chi connectivity index (χ4n) is 1.65. The Morgan fingerprint density at radius 1 is 1.41 bits per heavy atom. The van der Waals surface area contributed by atoms with Gasteiger partial charge in [-0.3, -0.25) is 4.79 Å². The first-order chi connectivity index (χ1) is 7.47. The van der Waals surface area contributed by atoms with Gasteiger partial charge in [0.1, 0.15) is 5.54 Å². The number of alkyl halides is 2. The second-order valence-electron chi connectivity index (χ2n) is 3.82. The van der Waals surface area contributed by atoms with Crippen LogP contribution in [0.15, 0.2) is 23.1 Å². The van der Waals surface area contributed by atoms with E-state index >= 15 is 0 Å². The quantitative estimate of drug-likeness (QED) is 0.523. The molecule has 0 amide bonds. The smallest absolute Gasteiger partial charge is 0.545 e. The van der Waals surface area contributed by atoms with Crippen LogP contribution in [0.3, 0.4) is 0 Å². The molecule has 17 heavy (non-hydrogen) atoms. The van der Waals surface area contributed by atoms with Gasteiger partial charge in [-0.15, -0.1) is 0 Å². The molecule has 0 saturated heterocycles. The van der Waals surface area contributed by atoms with Crippen LogP contribution in [0, 0.1) is 0 Å². The van der Waals surface area contributed by atoms with E-state index in [1.54, 1.807) is 0 Å². The third kappa shape index (κ3) is 2.28. The summed E-state index contributed by atoms with van der Waals surface area (Å²) in [5.74, 6) is -1.49. The molecule has 0 bridgehead atoms. The number of pyridine rings is 1. The molecule has 1 aliphatic carbocycles. The number of carboxylic acids is 1. The van der Waals surface area contributed by atoms with E-state index in [9.17, 15) is 23.5 Å². The van der Waals surface area contributed by atoms with E-state index in [-0.39, 0.29) is 37.3 Å². The average Bonchev–Trinajstić information content (AvgIpc) is 2.98. The molecule has 0 radical (unpaired) electrons. The predicted molar refractivity (Wildman–Crippen MR) is 48.2 cm³/mol. The summed E-state index contributed by atoms with van der Waals surface area (Å²) in [5.41, 5.74) is -2.41. The number of hydrogen-bond acceptors (Lipinski definition) is 3. The zero-order valence-electron chi connectivity index (χ0n) is 9.15. The number of rotatable bonds is 3. The molecule has 0 N–H and O–H groups in total. The van der Waals surface area contributed by atoms with E-state index in [2.05, 4.69) is 0 Å². The Labute approximate surface area is 107 Å². The van der Waals surface area contributed by atoms with Crippen LogP contribution in [-0.4, -0.2) is 17.0 Å². The molecule has 86 valence electrons. The molecular formula is C10H8F2LiNO3. The molecule has 0 unspecified atom stereocenters. The number of aromatic nitrogens is 1. The second kappa shape index (κ2) is 4.63. The maximum absolute atomic E-state index is 12.8. The first-order valence-electron chi connectivity index (χ1n) is 4.70. The summed E-state index contributed by atoms with van der Waals surface area (Å²) < 4.78 is 26.3. The number of nitrogens with zero attached hydrogens (tertiary/aromatic N) is 1. The number of carbonyl (C=O) groups excluding carboxylic acids is 1. The minimum Gasteiger partial charge on any atom is -0.545 e. The van der Waals surface area contributed by atoms with E-state index in [1.807, 2.05) is 0 Å². The fraction of sp³-hybridized carbons (Fsp3) is 0.400. The van der Waals surface area contributed by atoms with Gasteiger partial charge < -0.3 is 14.5 Å². The molecule has 7 heteroatoms. The molecule has 1 aromatic rings. The van der Waals surface area contributed by atoms with Crippen molar-refractivity contribution in [3.63, 3.8) is 0 Å². The van der Waals surface area contributed by atoms with Crippen molar-refractivity contribution in [2.24, 2.45) is 0 Å². The van der Waals surface area contributed by atoms with Crippen molar-refractivity contribution in [1.82, 2.24) is 4.57 Å². The molecule has 4 nitrogen and oxygen atoms in total. The van der Waals surface area contributed by atoms with Gasteiger partial charge in [0.25, 0.3) is 12.0 Å². The molecule has 0 atom stereocenters. The van der Waals surface area contributed by atoms with Crippen molar-refractivity contribution in [1.29, 1.82) is 0 Å². The zero-order valence-corrected chi connectivity index (χ0v) is 9.15. The largest absolute Gasteiger partial charge is 1.00 e. The van der Waals surface area contributed by atoms with Crippen molar-refractivity contribution < 1.29 is 37.5 Å². The van der Waals surface area contributed by atoms with E-state index in [0.29, 0.717) is 0 Å². The molecule has 1 aromatic heterocycles. The van der Waals surface area contributed by atoms with Crippen molar-refractivity contribution in [2.45, 2.75) is 24.8 Å². The van der Waals surface area contributed by atoms with Gasteiger partial charge >= 0.3 is 18.9 Å². The maximum Gasteiger partial charge on any atom is 1.00 e. The van der Waals surface area contributed by atoms with Gasteiger partial charge in [-0.1, -0.05) is 0 Å². The third-order valence-corrected chi connectivity index (χ3v) is 2.80. The Bertz CT molecular complexity index is 497. The molecule has 1 fully saturated rings. The van der Waals surface area contributed by atoms with Crippen LogP contribution in [0.5, 0.6) is 0 Å². The standard InChI is InChI=1S/C10H9F2NO3.Li/c11-9(12)10(3-4-10)13-5-6(8(15)16)1-2-7(13)14;/h1-2,5,9H,3-4H2,(H,15,16);/q;+1/p-1. The summed E-state index contributed by atoms with van der Waals surface area (Å²) in [6.07, 6.45) is -1.39. The van der Waals surface area contributed by atoms with Crippen LogP contribution in [0.1, 0.15) is 23.2 Å². The van der Waals surface area contributed by atoms with Crippen molar-refractivity contribution in [3.8, 4) is 0 Å². The minimum atomic E-state index is -2.68. The molecule has 0 spiro atoms. The van der Waals surface area contributed by atoms with E-state index in [0.717, 1.165) is 22.9 Å². The van der Waals surface area contributed by atoms with E-state index in [1.165, 1.54) is 0 Å². The van der Waals surface area contributed by atoms with Gasteiger partial charge in [-0.05, 0) is 18.9 Å². The SMILES string of the molecule is O=C([O-])c1ccc(=O)n(C2(C(F)F)CC2)c1.[Li+]. The summed E-state index contributed by atoms with van der Waals surface area (Å²) in [7, 11) is 0. The first kappa shape index (κ1) is 13.9. The van der Waals surface area contributed by atoms with Gasteiger partial charge in [0, 0.05) is 17.8 Å². The molecule has 2 rings (SSSR count). The molecule has 1 saturated carbocycles. The molecule has 0 aromatic carbocycles. The van der Waals surface area contributed by atoms with Crippen LogP contribution < -0.4 is 29.5 Å². The first-order valence-corrected chi connectivity index (χ1v) is 4.70. The molecular weight excluding hydrogens is 227 g/mol. The third-order valence-electron chi connectivity index (χ3n) is 2.80. The van der Waals surface area contributed by atoms with Gasteiger partial charge in [-0.2, -0.15) is 0 Å². The van der Waals surface area contributed by atoms with Gasteiger partial charge in [0.15, 0.2) is 0 Å². The molecule has 0 aliphatic heterocycles. The number of halogens is 2. The van der Waals surface area contributed by atoms with Crippen LogP contribution in [0.2, 0.25) is 0 Å². The van der Waals surface area contributed by atoms with Gasteiger partial charge in [0.2, 0.25) is 0 Å². The van der Waals surface area contributed by atoms with Crippen LogP contribution in [-0.2, 0) is 5.54 Å². The Kier molecular flexibility index (Phi) is 3.80. The average molecular weight is 235 g/mol. The molecule has 1 heterocycles. The Hall–Kier alpha value is -1.12. The number of aromatic carboxylic acids is 1. The van der Waals surface area contributed by atoms with Crippen LogP contribution in [0.4, 0.5) is 8.78 Å². The Morgan fingerprint density at radius 3 is 2.41 bits per heavy atom. The van der Waals surface area contributed by atoms with Gasteiger partial charge in [0.05, 0.1) is 5.97 Å².